The van der Waals surface area contributed by atoms with Crippen molar-refractivity contribution in [2.24, 2.45) is 17.3 Å². The second kappa shape index (κ2) is 4.71. The number of aliphatic hydroxyl groups excluding tert-OH is 1. The van der Waals surface area contributed by atoms with Gasteiger partial charge in [0.1, 0.15) is 0 Å². The van der Waals surface area contributed by atoms with E-state index in [0.717, 1.165) is 5.56 Å². The van der Waals surface area contributed by atoms with Gasteiger partial charge in [0.2, 0.25) is 11.8 Å². The predicted molar refractivity (Wildman–Crippen MR) is 78.3 cm³/mol. The zero-order valence-corrected chi connectivity index (χ0v) is 12.1. The molecule has 0 bridgehead atoms. The maximum Gasteiger partial charge on any atom is 0.238 e. The molecule has 21 heavy (non-hydrogen) atoms. The molecule has 3 rings (SSSR count). The minimum absolute atomic E-state index is 0.0421. The van der Waals surface area contributed by atoms with Crippen LogP contribution in [0.1, 0.15) is 25.8 Å². The molecule has 4 heteroatoms. The fraction of sp³-hybridized carbons (Fsp3) is 0.412. The fourth-order valence-electron chi connectivity index (χ4n) is 3.12. The summed E-state index contributed by atoms with van der Waals surface area (Å²) in [6.45, 7) is 3.98. The molecule has 2 atom stereocenters. The Bertz CT molecular complexity index is 640. The molecule has 1 aromatic carbocycles. The van der Waals surface area contributed by atoms with Crippen molar-refractivity contribution in [3.8, 4) is 11.8 Å². The van der Waals surface area contributed by atoms with Crippen molar-refractivity contribution in [2.45, 2.75) is 20.3 Å². The smallest absolute Gasteiger partial charge is 0.238 e. The van der Waals surface area contributed by atoms with Crippen LogP contribution in [0.25, 0.3) is 0 Å². The Morgan fingerprint density at radius 1 is 1.14 bits per heavy atom. The molecule has 2 aliphatic rings. The zero-order valence-electron chi connectivity index (χ0n) is 12.1. The first-order valence-corrected chi connectivity index (χ1v) is 7.06. The Labute approximate surface area is 123 Å². The predicted octanol–water partition coefficient (Wildman–Crippen LogP) is 1.57. The number of hydrogen-bond donors (Lipinski definition) is 1. The van der Waals surface area contributed by atoms with Crippen molar-refractivity contribution >= 4 is 17.5 Å². The molecular formula is C17H17NO3. The Hall–Kier alpha value is -2.12. The molecule has 2 unspecified atom stereocenters. The number of nitrogens with zero attached hydrogens (tertiary/aromatic N) is 1. The van der Waals surface area contributed by atoms with Gasteiger partial charge in [-0.15, -0.1) is 0 Å². The SMILES string of the molecule is CC1(C)C2C(=O)N(c3ccc(C#CCCO)cc3)C(=O)C21. The molecule has 4 nitrogen and oxygen atoms in total. The van der Waals surface area contributed by atoms with Crippen molar-refractivity contribution in [1.82, 2.24) is 0 Å². The fourth-order valence-corrected chi connectivity index (χ4v) is 3.12. The van der Waals surface area contributed by atoms with Crippen LogP contribution >= 0.6 is 0 Å². The van der Waals surface area contributed by atoms with Gasteiger partial charge in [0, 0.05) is 12.0 Å². The number of hydrogen-bond acceptors (Lipinski definition) is 3. The molecule has 1 saturated carbocycles. The maximum absolute atomic E-state index is 12.3. The van der Waals surface area contributed by atoms with E-state index in [4.69, 9.17) is 5.11 Å². The zero-order chi connectivity index (χ0) is 15.2. The van der Waals surface area contributed by atoms with E-state index < -0.39 is 0 Å². The van der Waals surface area contributed by atoms with Crippen LogP contribution in [0.4, 0.5) is 5.69 Å². The normalized spacial score (nSPS) is 25.4. The molecule has 2 fully saturated rings. The van der Waals surface area contributed by atoms with Gasteiger partial charge in [-0.1, -0.05) is 25.7 Å². The number of carbonyl (C=O) groups excluding carboxylic acids is 2. The Balaban J connectivity index is 1.79. The Morgan fingerprint density at radius 2 is 1.71 bits per heavy atom. The molecule has 1 aromatic rings. The van der Waals surface area contributed by atoms with Gasteiger partial charge in [-0.05, 0) is 29.7 Å². The molecule has 0 spiro atoms. The monoisotopic (exact) mass is 283 g/mol. The maximum atomic E-state index is 12.3. The molecule has 1 saturated heterocycles. The average Bonchev–Trinajstić information content (AvgIpc) is 2.91. The molecule has 1 aliphatic carbocycles. The van der Waals surface area contributed by atoms with Crippen LogP contribution in [-0.2, 0) is 9.59 Å². The highest BCUT2D eigenvalue weighted by Crippen LogP contribution is 2.63. The second-order valence-electron chi connectivity index (χ2n) is 6.11. The Kier molecular flexibility index (Phi) is 3.11. The summed E-state index contributed by atoms with van der Waals surface area (Å²) in [4.78, 5) is 25.9. The third kappa shape index (κ3) is 2.05. The van der Waals surface area contributed by atoms with Gasteiger partial charge in [-0.3, -0.25) is 14.5 Å². The highest BCUT2D eigenvalue weighted by molar-refractivity contribution is 6.25. The summed E-state index contributed by atoms with van der Waals surface area (Å²) in [5.74, 6) is 5.26. The van der Waals surface area contributed by atoms with Gasteiger partial charge in [0.15, 0.2) is 0 Å². The lowest BCUT2D eigenvalue weighted by Gasteiger charge is -2.20. The highest BCUT2D eigenvalue weighted by atomic mass is 16.3. The van der Waals surface area contributed by atoms with Gasteiger partial charge < -0.3 is 5.11 Å². The van der Waals surface area contributed by atoms with Crippen LogP contribution in [0.5, 0.6) is 0 Å². The van der Waals surface area contributed by atoms with Gasteiger partial charge in [0.25, 0.3) is 0 Å². The largest absolute Gasteiger partial charge is 0.395 e. The molecular weight excluding hydrogens is 266 g/mol. The molecule has 1 N–H and O–H groups in total. The van der Waals surface area contributed by atoms with E-state index in [2.05, 4.69) is 11.8 Å². The van der Waals surface area contributed by atoms with E-state index in [0.29, 0.717) is 12.1 Å². The molecule has 0 radical (unpaired) electrons. The summed E-state index contributed by atoms with van der Waals surface area (Å²) in [6, 6.07) is 7.07. The Morgan fingerprint density at radius 3 is 2.24 bits per heavy atom. The number of carbonyl (C=O) groups is 2. The number of benzene rings is 1. The van der Waals surface area contributed by atoms with E-state index in [1.165, 1.54) is 4.90 Å². The van der Waals surface area contributed by atoms with Crippen LogP contribution in [0.15, 0.2) is 24.3 Å². The average molecular weight is 283 g/mol. The third-order valence-electron chi connectivity index (χ3n) is 4.40. The van der Waals surface area contributed by atoms with Crippen molar-refractivity contribution in [2.75, 3.05) is 11.5 Å². The first-order chi connectivity index (χ1) is 9.98. The summed E-state index contributed by atoms with van der Waals surface area (Å²) in [7, 11) is 0. The van der Waals surface area contributed by atoms with Crippen molar-refractivity contribution in [3.05, 3.63) is 29.8 Å². The number of piperidine rings is 1. The number of anilines is 1. The molecule has 2 amide bonds. The number of fused-ring (bicyclic) bond motifs is 1. The summed E-state index contributed by atoms with van der Waals surface area (Å²) in [5, 5.41) is 8.68. The number of aliphatic hydroxyl groups is 1. The van der Waals surface area contributed by atoms with Gasteiger partial charge >= 0.3 is 0 Å². The number of rotatable bonds is 2. The minimum Gasteiger partial charge on any atom is -0.395 e. The quantitative estimate of drug-likeness (QED) is 0.662. The summed E-state index contributed by atoms with van der Waals surface area (Å²) in [5.41, 5.74) is 1.23. The lowest BCUT2D eigenvalue weighted by atomic mass is 10.0. The van der Waals surface area contributed by atoms with Crippen LogP contribution in [0.2, 0.25) is 0 Å². The van der Waals surface area contributed by atoms with Crippen molar-refractivity contribution < 1.29 is 14.7 Å². The lowest BCUT2D eigenvalue weighted by molar-refractivity contribution is -0.125. The molecule has 1 heterocycles. The van der Waals surface area contributed by atoms with Gasteiger partial charge in [0.05, 0.1) is 24.1 Å². The van der Waals surface area contributed by atoms with Crippen LogP contribution in [0, 0.1) is 29.1 Å². The summed E-state index contributed by atoms with van der Waals surface area (Å²) >= 11 is 0. The first kappa shape index (κ1) is 13.8. The number of amides is 2. The highest BCUT2D eigenvalue weighted by Gasteiger charge is 2.72. The van der Waals surface area contributed by atoms with E-state index >= 15 is 0 Å². The van der Waals surface area contributed by atoms with E-state index in [1.54, 1.807) is 24.3 Å². The third-order valence-corrected chi connectivity index (χ3v) is 4.40. The second-order valence-corrected chi connectivity index (χ2v) is 6.11. The van der Waals surface area contributed by atoms with Gasteiger partial charge in [-0.25, -0.2) is 0 Å². The lowest BCUT2D eigenvalue weighted by Crippen LogP contribution is -2.36. The molecule has 108 valence electrons. The summed E-state index contributed by atoms with van der Waals surface area (Å²) in [6.07, 6.45) is 0.434. The van der Waals surface area contributed by atoms with E-state index in [-0.39, 0.29) is 35.7 Å². The molecule has 0 aromatic heterocycles. The van der Waals surface area contributed by atoms with Crippen molar-refractivity contribution in [3.63, 3.8) is 0 Å². The number of imide groups is 1. The van der Waals surface area contributed by atoms with Crippen LogP contribution < -0.4 is 4.90 Å². The van der Waals surface area contributed by atoms with Crippen LogP contribution in [0.3, 0.4) is 0 Å². The molecule has 1 aliphatic heterocycles. The van der Waals surface area contributed by atoms with Crippen LogP contribution in [-0.4, -0.2) is 23.5 Å². The first-order valence-electron chi connectivity index (χ1n) is 7.06. The minimum atomic E-state index is -0.180. The van der Waals surface area contributed by atoms with E-state index in [1.807, 2.05) is 13.8 Å². The van der Waals surface area contributed by atoms with Crippen molar-refractivity contribution in [1.29, 1.82) is 0 Å². The summed E-state index contributed by atoms with van der Waals surface area (Å²) < 4.78 is 0. The topological polar surface area (TPSA) is 57.6 Å². The standard InChI is InChI=1S/C17H17NO3/c1-17(2)13-14(17)16(21)18(15(13)20)12-8-6-11(7-9-12)5-3-4-10-19/h6-9,13-14,19H,4,10H2,1-2H3. The van der Waals surface area contributed by atoms with E-state index in [9.17, 15) is 9.59 Å². The van der Waals surface area contributed by atoms with Gasteiger partial charge in [-0.2, -0.15) is 0 Å².